The number of nitrogen functional groups attached to an aromatic ring is 1. The number of aromatic nitrogens is 4. The number of piperidine rings is 1. The van der Waals surface area contributed by atoms with Gasteiger partial charge in [0.05, 0.1) is 37.2 Å². The number of anilines is 1. The molecule has 0 unspecified atom stereocenters. The second-order valence-electron chi connectivity index (χ2n) is 8.32. The van der Waals surface area contributed by atoms with E-state index in [9.17, 15) is 9.60 Å². The third-order valence-electron chi connectivity index (χ3n) is 6.06. The van der Waals surface area contributed by atoms with E-state index in [4.69, 9.17) is 10.7 Å². The number of quaternary nitrogens is 1. The van der Waals surface area contributed by atoms with E-state index in [1.54, 1.807) is 31.4 Å². The highest BCUT2D eigenvalue weighted by molar-refractivity contribution is 5.80. The van der Waals surface area contributed by atoms with E-state index in [1.807, 2.05) is 10.6 Å². The minimum absolute atomic E-state index is 0.171. The second kappa shape index (κ2) is 7.40. The lowest BCUT2D eigenvalue weighted by molar-refractivity contribution is -0.866. The average Bonchev–Trinajstić information content (AvgIpc) is 3.13. The largest absolute Gasteiger partial charge is 0.633 e. The molecule has 0 spiro atoms. The van der Waals surface area contributed by atoms with Gasteiger partial charge in [0.25, 0.3) is 0 Å². The Morgan fingerprint density at radius 2 is 1.84 bits per heavy atom. The van der Waals surface area contributed by atoms with Crippen LogP contribution in [0.4, 0.5) is 10.3 Å². The number of nitrogens with zero attached hydrogens (tertiary/aromatic N) is 5. The van der Waals surface area contributed by atoms with Crippen LogP contribution in [0.3, 0.4) is 0 Å². The number of likely N-dealkylation sites (tertiary alicyclic amines) is 1. The smallest absolute Gasteiger partial charge is 0.220 e. The summed E-state index contributed by atoms with van der Waals surface area (Å²) in [5.41, 5.74) is 10.7. The molecule has 4 heterocycles. The lowest BCUT2D eigenvalue weighted by Crippen LogP contribution is -2.43. The van der Waals surface area contributed by atoms with Gasteiger partial charge in [0, 0.05) is 30.8 Å². The highest BCUT2D eigenvalue weighted by Crippen LogP contribution is 2.35. The first-order valence-corrected chi connectivity index (χ1v) is 10.3. The number of hydrogen-bond donors (Lipinski definition) is 1. The summed E-state index contributed by atoms with van der Waals surface area (Å²) < 4.78 is 15.3. The van der Waals surface area contributed by atoms with E-state index in [0.717, 1.165) is 29.7 Å². The van der Waals surface area contributed by atoms with Crippen molar-refractivity contribution in [3.63, 3.8) is 0 Å². The summed E-state index contributed by atoms with van der Waals surface area (Å²) in [5, 5.41) is 12.2. The molecule has 0 radical (unpaired) electrons. The van der Waals surface area contributed by atoms with E-state index < -0.39 is 0 Å². The number of benzene rings is 1. The van der Waals surface area contributed by atoms with Gasteiger partial charge in [0.2, 0.25) is 5.95 Å². The molecule has 31 heavy (non-hydrogen) atoms. The molecule has 1 aliphatic rings. The summed E-state index contributed by atoms with van der Waals surface area (Å²) >= 11 is 0. The number of imidazole rings is 1. The van der Waals surface area contributed by atoms with Crippen molar-refractivity contribution >= 4 is 11.6 Å². The zero-order valence-electron chi connectivity index (χ0n) is 17.2. The molecule has 158 valence electrons. The summed E-state index contributed by atoms with van der Waals surface area (Å²) in [5.74, 6) is 0.216. The predicted molar refractivity (Wildman–Crippen MR) is 117 cm³/mol. The van der Waals surface area contributed by atoms with Crippen molar-refractivity contribution < 1.29 is 9.04 Å². The summed E-state index contributed by atoms with van der Waals surface area (Å²) in [4.78, 5) is 13.3. The molecule has 1 aliphatic heterocycles. The van der Waals surface area contributed by atoms with Crippen LogP contribution in [0.5, 0.6) is 0 Å². The topological polar surface area (TPSA) is 92.2 Å². The number of fused-ring (bicyclic) bond motifs is 1. The molecule has 4 aromatic rings. The third-order valence-corrected chi connectivity index (χ3v) is 6.06. The van der Waals surface area contributed by atoms with Crippen molar-refractivity contribution in [1.82, 2.24) is 19.4 Å². The molecule has 0 bridgehead atoms. The molecule has 1 saturated heterocycles. The summed E-state index contributed by atoms with van der Waals surface area (Å²) in [6.45, 7) is 1.24. The van der Waals surface area contributed by atoms with Crippen LogP contribution in [-0.2, 0) is 0 Å². The summed E-state index contributed by atoms with van der Waals surface area (Å²) in [7, 11) is 1.74. The van der Waals surface area contributed by atoms with E-state index in [0.29, 0.717) is 30.4 Å². The van der Waals surface area contributed by atoms with Gasteiger partial charge in [-0.15, -0.1) is 0 Å². The van der Waals surface area contributed by atoms with Gasteiger partial charge in [-0.1, -0.05) is 0 Å². The van der Waals surface area contributed by atoms with Crippen LogP contribution in [0.15, 0.2) is 54.9 Å². The van der Waals surface area contributed by atoms with Crippen molar-refractivity contribution in [1.29, 1.82) is 0 Å². The lowest BCUT2D eigenvalue weighted by Gasteiger charge is -2.44. The van der Waals surface area contributed by atoms with Crippen molar-refractivity contribution in [2.45, 2.75) is 18.8 Å². The minimum Gasteiger partial charge on any atom is -0.633 e. The zero-order valence-corrected chi connectivity index (χ0v) is 17.2. The fourth-order valence-corrected chi connectivity index (χ4v) is 4.32. The van der Waals surface area contributed by atoms with Crippen LogP contribution in [-0.4, -0.2) is 44.1 Å². The number of hydroxylamine groups is 3. The molecule has 7 nitrogen and oxygen atoms in total. The Morgan fingerprint density at radius 1 is 1.10 bits per heavy atom. The predicted octanol–water partition coefficient (Wildman–Crippen LogP) is 4.00. The van der Waals surface area contributed by atoms with Gasteiger partial charge in [-0.2, -0.15) is 0 Å². The molecule has 0 amide bonds. The van der Waals surface area contributed by atoms with Crippen LogP contribution < -0.4 is 5.73 Å². The van der Waals surface area contributed by atoms with Gasteiger partial charge in [-0.3, -0.25) is 4.40 Å². The number of rotatable bonds is 3. The van der Waals surface area contributed by atoms with Crippen molar-refractivity contribution in [3.05, 3.63) is 71.4 Å². The third kappa shape index (κ3) is 3.75. The van der Waals surface area contributed by atoms with Crippen LogP contribution in [0.2, 0.25) is 0 Å². The van der Waals surface area contributed by atoms with Crippen LogP contribution in [0.25, 0.3) is 28.3 Å². The molecule has 2 N–H and O–H groups in total. The van der Waals surface area contributed by atoms with Gasteiger partial charge in [-0.05, 0) is 53.9 Å². The van der Waals surface area contributed by atoms with Gasteiger partial charge in [-0.25, -0.2) is 19.3 Å². The molecule has 5 rings (SSSR count). The normalized spacial score (nSPS) is 21.5. The lowest BCUT2D eigenvalue weighted by atomic mass is 9.90. The number of nitrogens with two attached hydrogens (primary N) is 1. The van der Waals surface area contributed by atoms with E-state index in [-0.39, 0.29) is 16.4 Å². The van der Waals surface area contributed by atoms with Gasteiger partial charge < -0.3 is 15.6 Å². The molecule has 1 aromatic carbocycles. The van der Waals surface area contributed by atoms with Crippen molar-refractivity contribution in [3.8, 4) is 22.6 Å². The number of halogens is 1. The molecular formula is C23H23FN6O. The maximum Gasteiger partial charge on any atom is 0.220 e. The number of pyridine rings is 1. The molecule has 1 fully saturated rings. The second-order valence-corrected chi connectivity index (χ2v) is 8.32. The standard InChI is InChI=1S/C23H23FN6O/c1-30(31)12-8-15(9-13-30)17-7-11-29-20(14-17)28-21(16-2-4-18(24)5-3-16)22(29)19-6-10-26-23(25)27-19/h2-7,10-11,14-15H,8-9,12-13H2,1H3,(H2,25,26,27). The molecular weight excluding hydrogens is 395 g/mol. The monoisotopic (exact) mass is 418 g/mol. The minimum atomic E-state index is -0.302. The highest BCUT2D eigenvalue weighted by atomic mass is 19.1. The Balaban J connectivity index is 1.64. The first kappa shape index (κ1) is 19.6. The van der Waals surface area contributed by atoms with E-state index >= 15 is 0 Å². The van der Waals surface area contributed by atoms with Gasteiger partial charge in [0.15, 0.2) is 0 Å². The van der Waals surface area contributed by atoms with E-state index in [2.05, 4.69) is 22.1 Å². The molecule has 3 aromatic heterocycles. The highest BCUT2D eigenvalue weighted by Gasteiger charge is 2.26. The SMILES string of the molecule is C[N+]1([O-])CCC(c2ccn3c(-c4ccnc(N)n4)c(-c4ccc(F)cc4)nc3c2)CC1. The molecule has 0 atom stereocenters. The maximum absolute atomic E-state index is 13.5. The van der Waals surface area contributed by atoms with Gasteiger partial charge in [0.1, 0.15) is 11.5 Å². The summed E-state index contributed by atoms with van der Waals surface area (Å²) in [6.07, 6.45) is 5.31. The quantitative estimate of drug-likeness (QED) is 0.401. The van der Waals surface area contributed by atoms with Gasteiger partial charge >= 0.3 is 0 Å². The Morgan fingerprint density at radius 3 is 2.55 bits per heavy atom. The molecule has 0 aliphatic carbocycles. The fraction of sp³-hybridized carbons (Fsp3) is 0.261. The molecule has 0 saturated carbocycles. The maximum atomic E-state index is 13.5. The Hall–Kier alpha value is -3.36. The van der Waals surface area contributed by atoms with Crippen molar-refractivity contribution in [2.75, 3.05) is 25.9 Å². The van der Waals surface area contributed by atoms with Crippen LogP contribution >= 0.6 is 0 Å². The Kier molecular flexibility index (Phi) is 4.68. The molecule has 8 heteroatoms. The first-order chi connectivity index (χ1) is 14.9. The van der Waals surface area contributed by atoms with Crippen LogP contribution in [0, 0.1) is 11.0 Å². The summed E-state index contributed by atoms with van der Waals surface area (Å²) in [6, 6.07) is 12.2. The average molecular weight is 418 g/mol. The Labute approximate surface area is 179 Å². The Bertz CT molecular complexity index is 1240. The van der Waals surface area contributed by atoms with E-state index in [1.165, 1.54) is 17.7 Å². The zero-order chi connectivity index (χ0) is 21.6. The number of hydrogen-bond acceptors (Lipinski definition) is 5. The fourth-order valence-electron chi connectivity index (χ4n) is 4.32. The van der Waals surface area contributed by atoms with Crippen LogP contribution in [0.1, 0.15) is 24.3 Å². The van der Waals surface area contributed by atoms with Crippen molar-refractivity contribution in [2.24, 2.45) is 0 Å². The first-order valence-electron chi connectivity index (χ1n) is 10.3.